The zero-order chi connectivity index (χ0) is 19.2. The van der Waals surface area contributed by atoms with E-state index in [4.69, 9.17) is 10.2 Å². The first-order valence-corrected chi connectivity index (χ1v) is 8.99. The lowest BCUT2D eigenvalue weighted by molar-refractivity contribution is 0.0972. The van der Waals surface area contributed by atoms with Crippen molar-refractivity contribution in [2.45, 2.75) is 13.5 Å². The molecule has 7 nitrogen and oxygen atoms in total. The summed E-state index contributed by atoms with van der Waals surface area (Å²) in [7, 11) is 0. The van der Waals surface area contributed by atoms with Crippen LogP contribution in [0.2, 0.25) is 0 Å². The zero-order valence-corrected chi connectivity index (χ0v) is 15.3. The van der Waals surface area contributed by atoms with Crippen LogP contribution in [0.1, 0.15) is 23.2 Å². The third kappa shape index (κ3) is 4.58. The average molecular weight is 373 g/mol. The van der Waals surface area contributed by atoms with Gasteiger partial charge in [0.2, 0.25) is 0 Å². The van der Waals surface area contributed by atoms with Crippen molar-refractivity contribution in [1.29, 1.82) is 0 Å². The summed E-state index contributed by atoms with van der Waals surface area (Å²) in [5, 5.41) is 3.27. The molecule has 0 radical (unpaired) electrons. The third-order valence-corrected chi connectivity index (χ3v) is 4.40. The Hall–Kier alpha value is -3.03. The molecule has 0 saturated carbocycles. The summed E-state index contributed by atoms with van der Waals surface area (Å²) in [6.45, 7) is 5.91. The standard InChI is InChI=1S/C19H24FN5O2/c1-2-22-19(23-13-14-7-8-17(27-14)18(21)26)25-11-9-24(10-12-25)16-6-4-3-5-15(16)20/h3-8H,2,9-13H2,1H3,(H2,21,26)(H,22,23). The molecule has 1 aromatic carbocycles. The van der Waals surface area contributed by atoms with Crippen molar-refractivity contribution in [3.05, 3.63) is 53.7 Å². The molecule has 0 aliphatic carbocycles. The maximum absolute atomic E-state index is 14.0. The number of piperazine rings is 1. The predicted octanol–water partition coefficient (Wildman–Crippen LogP) is 1.81. The number of carbonyl (C=O) groups excluding carboxylic acids is 1. The molecule has 2 heterocycles. The normalized spacial score (nSPS) is 15.1. The zero-order valence-electron chi connectivity index (χ0n) is 15.3. The van der Waals surface area contributed by atoms with Gasteiger partial charge in [0.05, 0.1) is 5.69 Å². The van der Waals surface area contributed by atoms with Gasteiger partial charge in [-0.3, -0.25) is 4.79 Å². The number of hydrogen-bond donors (Lipinski definition) is 2. The summed E-state index contributed by atoms with van der Waals surface area (Å²) >= 11 is 0. The van der Waals surface area contributed by atoms with Crippen LogP contribution >= 0.6 is 0 Å². The van der Waals surface area contributed by atoms with Gasteiger partial charge in [0.25, 0.3) is 5.91 Å². The average Bonchev–Trinajstić information content (AvgIpc) is 3.15. The molecule has 144 valence electrons. The molecule has 3 N–H and O–H groups in total. The fourth-order valence-corrected chi connectivity index (χ4v) is 3.04. The van der Waals surface area contributed by atoms with Crippen LogP contribution in [0.15, 0.2) is 45.8 Å². The van der Waals surface area contributed by atoms with E-state index in [1.54, 1.807) is 24.3 Å². The molecular formula is C19H24FN5O2. The number of carbonyl (C=O) groups is 1. The third-order valence-electron chi connectivity index (χ3n) is 4.40. The van der Waals surface area contributed by atoms with Crippen molar-refractivity contribution in [2.75, 3.05) is 37.6 Å². The number of rotatable bonds is 5. The van der Waals surface area contributed by atoms with E-state index in [2.05, 4.69) is 15.2 Å². The summed E-state index contributed by atoms with van der Waals surface area (Å²) in [5.74, 6) is 0.673. The molecule has 0 spiro atoms. The number of anilines is 1. The number of hydrogen-bond acceptors (Lipinski definition) is 4. The minimum Gasteiger partial charge on any atom is -0.454 e. The number of amides is 1. The van der Waals surface area contributed by atoms with E-state index in [0.29, 0.717) is 31.1 Å². The molecule has 0 atom stereocenters. The van der Waals surface area contributed by atoms with Crippen LogP contribution in [0.25, 0.3) is 0 Å². The topological polar surface area (TPSA) is 87.1 Å². The second-order valence-electron chi connectivity index (χ2n) is 6.23. The summed E-state index contributed by atoms with van der Waals surface area (Å²) < 4.78 is 19.4. The highest BCUT2D eigenvalue weighted by Gasteiger charge is 2.21. The number of nitrogens with zero attached hydrogens (tertiary/aromatic N) is 3. The molecule has 0 unspecified atom stereocenters. The molecule has 8 heteroatoms. The Morgan fingerprint density at radius 3 is 2.59 bits per heavy atom. The molecule has 1 aliphatic rings. The fourth-order valence-electron chi connectivity index (χ4n) is 3.04. The van der Waals surface area contributed by atoms with Gasteiger partial charge in [0.15, 0.2) is 11.7 Å². The van der Waals surface area contributed by atoms with Gasteiger partial charge < -0.3 is 25.3 Å². The van der Waals surface area contributed by atoms with E-state index in [1.807, 2.05) is 17.9 Å². The van der Waals surface area contributed by atoms with Gasteiger partial charge in [-0.15, -0.1) is 0 Å². The highest BCUT2D eigenvalue weighted by atomic mass is 19.1. The van der Waals surface area contributed by atoms with Crippen molar-refractivity contribution in [3.63, 3.8) is 0 Å². The van der Waals surface area contributed by atoms with Gasteiger partial charge in [-0.2, -0.15) is 0 Å². The van der Waals surface area contributed by atoms with Gasteiger partial charge in [0.1, 0.15) is 18.1 Å². The number of primary amides is 1. The van der Waals surface area contributed by atoms with Crippen LogP contribution in [0.5, 0.6) is 0 Å². The van der Waals surface area contributed by atoms with Crippen LogP contribution in [0, 0.1) is 5.82 Å². The van der Waals surface area contributed by atoms with Crippen molar-refractivity contribution in [3.8, 4) is 0 Å². The number of nitrogens with two attached hydrogens (primary N) is 1. The highest BCUT2D eigenvalue weighted by Crippen LogP contribution is 2.20. The Morgan fingerprint density at radius 1 is 1.22 bits per heavy atom. The summed E-state index contributed by atoms with van der Waals surface area (Å²) in [4.78, 5) is 19.9. The first-order chi connectivity index (χ1) is 13.1. The maximum atomic E-state index is 14.0. The molecular weight excluding hydrogens is 349 g/mol. The van der Waals surface area contributed by atoms with Gasteiger partial charge >= 0.3 is 0 Å². The summed E-state index contributed by atoms with van der Waals surface area (Å²) in [6, 6.07) is 10.1. The van der Waals surface area contributed by atoms with Gasteiger partial charge in [0, 0.05) is 32.7 Å². The van der Waals surface area contributed by atoms with E-state index >= 15 is 0 Å². The largest absolute Gasteiger partial charge is 0.454 e. The van der Waals surface area contributed by atoms with E-state index < -0.39 is 5.91 Å². The quantitative estimate of drug-likeness (QED) is 0.617. The number of nitrogens with one attached hydrogen (secondary N) is 1. The van der Waals surface area contributed by atoms with Gasteiger partial charge in [-0.25, -0.2) is 9.38 Å². The number of furan rings is 1. The fraction of sp³-hybridized carbons (Fsp3) is 0.368. The van der Waals surface area contributed by atoms with Crippen LogP contribution in [-0.4, -0.2) is 49.5 Å². The highest BCUT2D eigenvalue weighted by molar-refractivity contribution is 5.89. The Bertz CT molecular complexity index is 812. The smallest absolute Gasteiger partial charge is 0.284 e. The minimum atomic E-state index is -0.596. The van der Waals surface area contributed by atoms with Crippen molar-refractivity contribution >= 4 is 17.6 Å². The molecule has 27 heavy (non-hydrogen) atoms. The predicted molar refractivity (Wildman–Crippen MR) is 102 cm³/mol. The molecule has 1 aromatic heterocycles. The molecule has 0 bridgehead atoms. The van der Waals surface area contributed by atoms with E-state index in [1.165, 1.54) is 6.07 Å². The monoisotopic (exact) mass is 373 g/mol. The molecule has 1 aliphatic heterocycles. The van der Waals surface area contributed by atoms with Crippen LogP contribution < -0.4 is 16.0 Å². The number of aliphatic imine (C=N–C) groups is 1. The lowest BCUT2D eigenvalue weighted by Gasteiger charge is -2.37. The van der Waals surface area contributed by atoms with E-state index in [-0.39, 0.29) is 11.6 Å². The molecule has 2 aromatic rings. The van der Waals surface area contributed by atoms with E-state index in [0.717, 1.165) is 25.6 Å². The van der Waals surface area contributed by atoms with Crippen molar-refractivity contribution in [2.24, 2.45) is 10.7 Å². The van der Waals surface area contributed by atoms with Crippen LogP contribution in [-0.2, 0) is 6.54 Å². The van der Waals surface area contributed by atoms with Gasteiger partial charge in [-0.05, 0) is 31.2 Å². The van der Waals surface area contributed by atoms with Crippen LogP contribution in [0.4, 0.5) is 10.1 Å². The summed E-state index contributed by atoms with van der Waals surface area (Å²) in [5.41, 5.74) is 5.83. The maximum Gasteiger partial charge on any atom is 0.284 e. The second-order valence-corrected chi connectivity index (χ2v) is 6.23. The molecule has 3 rings (SSSR count). The molecule has 1 amide bonds. The van der Waals surface area contributed by atoms with Crippen molar-refractivity contribution in [1.82, 2.24) is 10.2 Å². The number of benzene rings is 1. The van der Waals surface area contributed by atoms with Crippen molar-refractivity contribution < 1.29 is 13.6 Å². The molecule has 1 fully saturated rings. The molecule has 1 saturated heterocycles. The first-order valence-electron chi connectivity index (χ1n) is 8.99. The Balaban J connectivity index is 1.63. The number of para-hydroxylation sites is 1. The Morgan fingerprint density at radius 2 is 1.96 bits per heavy atom. The lowest BCUT2D eigenvalue weighted by atomic mass is 10.2. The summed E-state index contributed by atoms with van der Waals surface area (Å²) in [6.07, 6.45) is 0. The van der Waals surface area contributed by atoms with Crippen LogP contribution in [0.3, 0.4) is 0 Å². The lowest BCUT2D eigenvalue weighted by Crippen LogP contribution is -2.52. The minimum absolute atomic E-state index is 0.128. The Kier molecular flexibility index (Phi) is 5.95. The van der Waals surface area contributed by atoms with E-state index in [9.17, 15) is 9.18 Å². The SMILES string of the molecule is CCNC(=NCc1ccc(C(N)=O)o1)N1CCN(c2ccccc2F)CC1. The van der Waals surface area contributed by atoms with Gasteiger partial charge in [-0.1, -0.05) is 12.1 Å². The Labute approximate surface area is 157 Å². The number of halogens is 1. The second kappa shape index (κ2) is 8.57. The number of guanidine groups is 1. The first kappa shape index (κ1) is 18.8.